The maximum atomic E-state index is 4.32. The lowest BCUT2D eigenvalue weighted by Gasteiger charge is -1.99. The van der Waals surface area contributed by atoms with Gasteiger partial charge in [-0.15, -0.1) is 5.10 Å². The summed E-state index contributed by atoms with van der Waals surface area (Å²) in [5.41, 5.74) is 1.83. The van der Waals surface area contributed by atoms with E-state index in [-0.39, 0.29) is 0 Å². The number of nitrogens with zero attached hydrogens (tertiary/aromatic N) is 4. The van der Waals surface area contributed by atoms with E-state index < -0.39 is 0 Å². The Kier molecular flexibility index (Phi) is 2.69. The summed E-state index contributed by atoms with van der Waals surface area (Å²) >= 11 is 1.48. The van der Waals surface area contributed by atoms with Crippen LogP contribution < -0.4 is 0 Å². The highest BCUT2D eigenvalue weighted by molar-refractivity contribution is 7.98. The van der Waals surface area contributed by atoms with Gasteiger partial charge in [-0.25, -0.2) is 4.98 Å². The SMILES string of the molecule is CSc1nncc(-c2ccncc2)n1. The molecule has 0 unspecified atom stereocenters. The normalized spacial score (nSPS) is 10.1. The quantitative estimate of drug-likeness (QED) is 0.696. The summed E-state index contributed by atoms with van der Waals surface area (Å²) in [7, 11) is 0. The van der Waals surface area contributed by atoms with Crippen molar-refractivity contribution in [2.75, 3.05) is 6.26 Å². The minimum Gasteiger partial charge on any atom is -0.265 e. The molecule has 5 heteroatoms. The van der Waals surface area contributed by atoms with Crippen LogP contribution in [0, 0.1) is 0 Å². The molecular weight excluding hydrogens is 196 g/mol. The average molecular weight is 204 g/mol. The van der Waals surface area contributed by atoms with Crippen molar-refractivity contribution in [3.63, 3.8) is 0 Å². The molecule has 0 saturated heterocycles. The van der Waals surface area contributed by atoms with E-state index in [1.807, 2.05) is 18.4 Å². The molecule has 0 radical (unpaired) electrons. The maximum absolute atomic E-state index is 4.32. The first-order valence-electron chi connectivity index (χ1n) is 4.04. The number of thioether (sulfide) groups is 1. The Morgan fingerprint density at radius 2 is 2.00 bits per heavy atom. The van der Waals surface area contributed by atoms with Gasteiger partial charge < -0.3 is 0 Å². The Morgan fingerprint density at radius 1 is 1.21 bits per heavy atom. The molecule has 0 fully saturated rings. The average Bonchev–Trinajstić information content (AvgIpc) is 2.30. The lowest BCUT2D eigenvalue weighted by molar-refractivity contribution is 0.845. The van der Waals surface area contributed by atoms with E-state index >= 15 is 0 Å². The van der Waals surface area contributed by atoms with Gasteiger partial charge in [0.25, 0.3) is 0 Å². The minimum atomic E-state index is 0.680. The summed E-state index contributed by atoms with van der Waals surface area (Å²) in [4.78, 5) is 8.27. The molecule has 70 valence electrons. The topological polar surface area (TPSA) is 51.6 Å². The highest BCUT2D eigenvalue weighted by Gasteiger charge is 2.01. The second kappa shape index (κ2) is 4.15. The van der Waals surface area contributed by atoms with Gasteiger partial charge in [-0.2, -0.15) is 5.10 Å². The molecule has 2 heterocycles. The second-order valence-electron chi connectivity index (χ2n) is 2.56. The zero-order valence-corrected chi connectivity index (χ0v) is 8.40. The molecule has 0 spiro atoms. The van der Waals surface area contributed by atoms with E-state index in [0.29, 0.717) is 5.16 Å². The molecule has 4 nitrogen and oxygen atoms in total. The molecule has 0 amide bonds. The summed E-state index contributed by atoms with van der Waals surface area (Å²) in [6.45, 7) is 0. The molecule has 0 aliphatic carbocycles. The van der Waals surface area contributed by atoms with Crippen molar-refractivity contribution in [2.45, 2.75) is 5.16 Å². The van der Waals surface area contributed by atoms with Gasteiger partial charge in [0.2, 0.25) is 5.16 Å². The summed E-state index contributed by atoms with van der Waals surface area (Å²) in [6.07, 6.45) is 7.04. The monoisotopic (exact) mass is 204 g/mol. The molecule has 2 rings (SSSR count). The standard InChI is InChI=1S/C9H8N4S/c1-14-9-12-8(6-11-13-9)7-2-4-10-5-3-7/h2-6H,1H3. The van der Waals surface area contributed by atoms with Crippen LogP contribution in [0.4, 0.5) is 0 Å². The molecule has 0 saturated carbocycles. The highest BCUT2D eigenvalue weighted by Crippen LogP contribution is 2.16. The van der Waals surface area contributed by atoms with Crippen LogP contribution in [0.15, 0.2) is 35.9 Å². The highest BCUT2D eigenvalue weighted by atomic mass is 32.2. The zero-order chi connectivity index (χ0) is 9.80. The van der Waals surface area contributed by atoms with Crippen molar-refractivity contribution < 1.29 is 0 Å². The van der Waals surface area contributed by atoms with E-state index in [9.17, 15) is 0 Å². The van der Waals surface area contributed by atoms with Crippen molar-refractivity contribution in [3.05, 3.63) is 30.7 Å². The smallest absolute Gasteiger partial charge is 0.209 e. The predicted molar refractivity (Wildman–Crippen MR) is 54.8 cm³/mol. The van der Waals surface area contributed by atoms with Gasteiger partial charge >= 0.3 is 0 Å². The van der Waals surface area contributed by atoms with Crippen LogP contribution in [0.3, 0.4) is 0 Å². The molecule has 0 aromatic carbocycles. The Bertz CT molecular complexity index is 418. The molecular formula is C9H8N4S. The molecule has 0 aliphatic heterocycles. The van der Waals surface area contributed by atoms with Gasteiger partial charge in [-0.3, -0.25) is 4.98 Å². The first-order chi connectivity index (χ1) is 6.90. The van der Waals surface area contributed by atoms with Crippen LogP contribution in [-0.4, -0.2) is 26.4 Å². The number of pyridine rings is 1. The van der Waals surface area contributed by atoms with Crippen LogP contribution in [0.1, 0.15) is 0 Å². The molecule has 2 aromatic heterocycles. The van der Waals surface area contributed by atoms with Crippen LogP contribution in [0.2, 0.25) is 0 Å². The molecule has 0 N–H and O–H groups in total. The van der Waals surface area contributed by atoms with E-state index in [0.717, 1.165) is 11.3 Å². The first kappa shape index (κ1) is 9.08. The number of rotatable bonds is 2. The Morgan fingerprint density at radius 3 is 2.71 bits per heavy atom. The van der Waals surface area contributed by atoms with Crippen molar-refractivity contribution in [1.82, 2.24) is 20.2 Å². The van der Waals surface area contributed by atoms with Gasteiger partial charge in [0, 0.05) is 18.0 Å². The van der Waals surface area contributed by atoms with Crippen molar-refractivity contribution >= 4 is 11.8 Å². The van der Waals surface area contributed by atoms with Crippen molar-refractivity contribution in [3.8, 4) is 11.3 Å². The third kappa shape index (κ3) is 1.88. The van der Waals surface area contributed by atoms with Gasteiger partial charge in [0.1, 0.15) is 0 Å². The maximum Gasteiger partial charge on any atom is 0.209 e. The zero-order valence-electron chi connectivity index (χ0n) is 7.58. The molecule has 0 bridgehead atoms. The van der Waals surface area contributed by atoms with Gasteiger partial charge in [0.15, 0.2) is 0 Å². The second-order valence-corrected chi connectivity index (χ2v) is 3.34. The van der Waals surface area contributed by atoms with Crippen LogP contribution >= 0.6 is 11.8 Å². The number of aromatic nitrogens is 4. The first-order valence-corrected chi connectivity index (χ1v) is 5.27. The Labute approximate surface area is 85.8 Å². The largest absolute Gasteiger partial charge is 0.265 e. The summed E-state index contributed by atoms with van der Waals surface area (Å²) in [5.74, 6) is 0. The minimum absolute atomic E-state index is 0.680. The van der Waals surface area contributed by atoms with Crippen molar-refractivity contribution in [2.24, 2.45) is 0 Å². The fourth-order valence-electron chi connectivity index (χ4n) is 1.04. The third-order valence-corrected chi connectivity index (χ3v) is 2.24. The summed E-state index contributed by atoms with van der Waals surface area (Å²) in [5, 5.41) is 8.43. The van der Waals surface area contributed by atoms with Gasteiger partial charge in [-0.1, -0.05) is 11.8 Å². The Balaban J connectivity index is 2.42. The van der Waals surface area contributed by atoms with E-state index in [1.165, 1.54) is 11.8 Å². The number of hydrogen-bond acceptors (Lipinski definition) is 5. The third-order valence-electron chi connectivity index (χ3n) is 1.70. The van der Waals surface area contributed by atoms with Crippen LogP contribution in [0.25, 0.3) is 11.3 Å². The van der Waals surface area contributed by atoms with E-state index in [1.54, 1.807) is 18.6 Å². The van der Waals surface area contributed by atoms with Gasteiger partial charge in [0.05, 0.1) is 11.9 Å². The molecule has 14 heavy (non-hydrogen) atoms. The van der Waals surface area contributed by atoms with Gasteiger partial charge in [-0.05, 0) is 18.4 Å². The van der Waals surface area contributed by atoms with E-state index in [4.69, 9.17) is 0 Å². The lowest BCUT2D eigenvalue weighted by atomic mass is 10.2. The predicted octanol–water partition coefficient (Wildman–Crippen LogP) is 1.66. The number of hydrogen-bond donors (Lipinski definition) is 0. The molecule has 0 atom stereocenters. The fraction of sp³-hybridized carbons (Fsp3) is 0.111. The molecule has 2 aromatic rings. The fourth-order valence-corrected chi connectivity index (χ4v) is 1.35. The van der Waals surface area contributed by atoms with Crippen LogP contribution in [0.5, 0.6) is 0 Å². The summed E-state index contributed by atoms with van der Waals surface area (Å²) < 4.78 is 0. The lowest BCUT2D eigenvalue weighted by Crippen LogP contribution is -1.92. The molecule has 0 aliphatic rings. The van der Waals surface area contributed by atoms with E-state index in [2.05, 4.69) is 20.2 Å². The van der Waals surface area contributed by atoms with Crippen LogP contribution in [-0.2, 0) is 0 Å². The Hall–Kier alpha value is -1.49. The summed E-state index contributed by atoms with van der Waals surface area (Å²) in [6, 6.07) is 3.79. The van der Waals surface area contributed by atoms with Crippen molar-refractivity contribution in [1.29, 1.82) is 0 Å².